The largest absolute Gasteiger partial charge is 0.619 e. The van der Waals surface area contributed by atoms with Crippen LogP contribution in [0.15, 0.2) is 54.9 Å². The molecule has 0 saturated carbocycles. The zero-order valence-corrected chi connectivity index (χ0v) is 12.9. The van der Waals surface area contributed by atoms with Crippen molar-refractivity contribution in [1.82, 2.24) is 4.90 Å². The van der Waals surface area contributed by atoms with E-state index in [0.29, 0.717) is 30.0 Å². The van der Waals surface area contributed by atoms with Gasteiger partial charge in [-0.05, 0) is 24.5 Å². The predicted molar refractivity (Wildman–Crippen MR) is 85.8 cm³/mol. The van der Waals surface area contributed by atoms with Gasteiger partial charge in [0, 0.05) is 19.2 Å². The van der Waals surface area contributed by atoms with E-state index in [9.17, 15) is 10.0 Å². The van der Waals surface area contributed by atoms with Gasteiger partial charge in [-0.2, -0.15) is 4.73 Å². The van der Waals surface area contributed by atoms with Crippen LogP contribution in [-0.2, 0) is 11.2 Å². The van der Waals surface area contributed by atoms with Gasteiger partial charge in [-0.25, -0.2) is 0 Å². The molecule has 1 aromatic heterocycles. The van der Waals surface area contributed by atoms with Crippen molar-refractivity contribution >= 4 is 5.91 Å². The summed E-state index contributed by atoms with van der Waals surface area (Å²) in [5.41, 5.74) is 1.70. The number of aromatic nitrogens is 1. The van der Waals surface area contributed by atoms with E-state index in [1.807, 2.05) is 18.2 Å². The lowest BCUT2D eigenvalue weighted by atomic mass is 10.1. The minimum atomic E-state index is -0.108. The number of carbonyl (C=O) groups is 1. The Hall–Kier alpha value is -2.40. The fraction of sp³-hybridized carbons (Fsp3) is 0.333. The van der Waals surface area contributed by atoms with Crippen LogP contribution >= 0.6 is 0 Å². The van der Waals surface area contributed by atoms with E-state index >= 15 is 0 Å². The van der Waals surface area contributed by atoms with Crippen LogP contribution < -0.4 is 4.73 Å². The maximum absolute atomic E-state index is 12.5. The highest BCUT2D eigenvalue weighted by Crippen LogP contribution is 2.14. The monoisotopic (exact) mass is 312 g/mol. The highest BCUT2D eigenvalue weighted by molar-refractivity contribution is 5.93. The van der Waals surface area contributed by atoms with Crippen LogP contribution in [0.5, 0.6) is 0 Å². The summed E-state index contributed by atoms with van der Waals surface area (Å²) in [5, 5.41) is 11.3. The van der Waals surface area contributed by atoms with Crippen molar-refractivity contribution in [2.24, 2.45) is 0 Å². The van der Waals surface area contributed by atoms with Gasteiger partial charge in [0.05, 0.1) is 12.7 Å². The molecule has 1 fully saturated rings. The van der Waals surface area contributed by atoms with Gasteiger partial charge in [-0.15, -0.1) is 0 Å². The zero-order valence-electron chi connectivity index (χ0n) is 12.9. The van der Waals surface area contributed by atoms with Crippen LogP contribution in [0.2, 0.25) is 0 Å². The SMILES string of the molecule is O=C(c1ccc[n+]([O-])c1)N1CCO[C@@H](CCc2ccccc2)C1. The molecule has 5 nitrogen and oxygen atoms in total. The molecular formula is C18H20N2O3. The van der Waals surface area contributed by atoms with E-state index in [1.54, 1.807) is 17.0 Å². The van der Waals surface area contributed by atoms with Crippen LogP contribution in [0.25, 0.3) is 0 Å². The van der Waals surface area contributed by atoms with Crippen molar-refractivity contribution in [2.75, 3.05) is 19.7 Å². The Morgan fingerprint density at radius 2 is 2.09 bits per heavy atom. The number of rotatable bonds is 4. The van der Waals surface area contributed by atoms with Gasteiger partial charge >= 0.3 is 0 Å². The molecule has 0 aliphatic carbocycles. The molecule has 1 amide bonds. The highest BCUT2D eigenvalue weighted by Gasteiger charge is 2.25. The average molecular weight is 312 g/mol. The minimum Gasteiger partial charge on any atom is -0.619 e. The first kappa shape index (κ1) is 15.5. The maximum atomic E-state index is 12.5. The quantitative estimate of drug-likeness (QED) is 0.639. The first-order chi connectivity index (χ1) is 11.2. The fourth-order valence-corrected chi connectivity index (χ4v) is 2.81. The molecule has 5 heteroatoms. The van der Waals surface area contributed by atoms with Crippen LogP contribution in [0.1, 0.15) is 22.3 Å². The number of carbonyl (C=O) groups excluding carboxylic acids is 1. The number of amides is 1. The van der Waals surface area contributed by atoms with Crippen LogP contribution in [0.3, 0.4) is 0 Å². The molecule has 120 valence electrons. The van der Waals surface area contributed by atoms with Crippen molar-refractivity contribution in [3.63, 3.8) is 0 Å². The van der Waals surface area contributed by atoms with Gasteiger partial charge in [0.1, 0.15) is 5.56 Å². The Kier molecular flexibility index (Phi) is 4.88. The molecular weight excluding hydrogens is 292 g/mol. The molecule has 1 atom stereocenters. The molecule has 1 aliphatic rings. The van der Waals surface area contributed by atoms with Crippen molar-refractivity contribution in [3.05, 3.63) is 71.2 Å². The number of pyridine rings is 1. The third-order valence-corrected chi connectivity index (χ3v) is 4.05. The third-order valence-electron chi connectivity index (χ3n) is 4.05. The van der Waals surface area contributed by atoms with Gasteiger partial charge in [0.25, 0.3) is 5.91 Å². The van der Waals surface area contributed by atoms with Crippen molar-refractivity contribution in [2.45, 2.75) is 18.9 Å². The zero-order chi connectivity index (χ0) is 16.1. The molecule has 1 aromatic carbocycles. The minimum absolute atomic E-state index is 0.0380. The number of nitrogens with zero attached hydrogens (tertiary/aromatic N) is 2. The molecule has 0 radical (unpaired) electrons. The summed E-state index contributed by atoms with van der Waals surface area (Å²) in [4.78, 5) is 14.3. The maximum Gasteiger partial charge on any atom is 0.260 e. The fourth-order valence-electron chi connectivity index (χ4n) is 2.81. The van der Waals surface area contributed by atoms with Crippen LogP contribution in [0.4, 0.5) is 0 Å². The molecule has 3 rings (SSSR count). The number of benzene rings is 1. The Morgan fingerprint density at radius 3 is 2.87 bits per heavy atom. The van der Waals surface area contributed by atoms with Gasteiger partial charge in [0.15, 0.2) is 12.4 Å². The van der Waals surface area contributed by atoms with Crippen LogP contribution in [-0.4, -0.2) is 36.6 Å². The molecule has 2 aromatic rings. The van der Waals surface area contributed by atoms with E-state index < -0.39 is 0 Å². The summed E-state index contributed by atoms with van der Waals surface area (Å²) in [6.07, 6.45) is 4.54. The van der Waals surface area contributed by atoms with E-state index in [2.05, 4.69) is 12.1 Å². The molecule has 0 spiro atoms. The Labute approximate surface area is 135 Å². The second-order valence-electron chi connectivity index (χ2n) is 5.72. The van der Waals surface area contributed by atoms with Gasteiger partial charge in [0.2, 0.25) is 0 Å². The van der Waals surface area contributed by atoms with E-state index in [1.165, 1.54) is 18.0 Å². The molecule has 2 heterocycles. The number of morpholine rings is 1. The number of aryl methyl sites for hydroxylation is 1. The summed E-state index contributed by atoms with van der Waals surface area (Å²) in [6.45, 7) is 1.67. The molecule has 0 N–H and O–H groups in total. The normalized spacial score (nSPS) is 17.9. The predicted octanol–water partition coefficient (Wildman–Crippen LogP) is 1.79. The van der Waals surface area contributed by atoms with E-state index in [4.69, 9.17) is 4.74 Å². The number of hydrogen-bond donors (Lipinski definition) is 0. The molecule has 0 unspecified atom stereocenters. The lowest BCUT2D eigenvalue weighted by Crippen LogP contribution is -2.46. The molecule has 23 heavy (non-hydrogen) atoms. The Bertz CT molecular complexity index is 660. The Balaban J connectivity index is 1.58. The van der Waals surface area contributed by atoms with Gasteiger partial charge < -0.3 is 14.8 Å². The third kappa shape index (κ3) is 4.07. The highest BCUT2D eigenvalue weighted by atomic mass is 16.5. The summed E-state index contributed by atoms with van der Waals surface area (Å²) < 4.78 is 6.43. The van der Waals surface area contributed by atoms with Gasteiger partial charge in [-0.1, -0.05) is 30.3 Å². The average Bonchev–Trinajstić information content (AvgIpc) is 2.60. The summed E-state index contributed by atoms with van der Waals surface area (Å²) >= 11 is 0. The van der Waals surface area contributed by atoms with Crippen molar-refractivity contribution in [3.8, 4) is 0 Å². The number of hydrogen-bond acceptors (Lipinski definition) is 3. The second kappa shape index (κ2) is 7.24. The smallest absolute Gasteiger partial charge is 0.260 e. The molecule has 1 saturated heterocycles. The van der Waals surface area contributed by atoms with E-state index in [0.717, 1.165) is 12.8 Å². The lowest BCUT2D eigenvalue weighted by molar-refractivity contribution is -0.605. The van der Waals surface area contributed by atoms with Crippen LogP contribution in [0, 0.1) is 5.21 Å². The second-order valence-corrected chi connectivity index (χ2v) is 5.72. The number of ether oxygens (including phenoxy) is 1. The summed E-state index contributed by atoms with van der Waals surface area (Å²) in [6, 6.07) is 13.5. The molecule has 0 bridgehead atoms. The van der Waals surface area contributed by atoms with Crippen molar-refractivity contribution in [1.29, 1.82) is 0 Å². The van der Waals surface area contributed by atoms with E-state index in [-0.39, 0.29) is 12.0 Å². The summed E-state index contributed by atoms with van der Waals surface area (Å²) in [5.74, 6) is -0.108. The molecule has 1 aliphatic heterocycles. The van der Waals surface area contributed by atoms with Crippen molar-refractivity contribution < 1.29 is 14.3 Å². The lowest BCUT2D eigenvalue weighted by Gasteiger charge is -2.33. The summed E-state index contributed by atoms with van der Waals surface area (Å²) in [7, 11) is 0. The first-order valence-electron chi connectivity index (χ1n) is 7.86. The Morgan fingerprint density at radius 1 is 1.26 bits per heavy atom. The topological polar surface area (TPSA) is 56.5 Å². The standard InChI is InChI=1S/C18H20N2O3/c21-18(16-7-4-10-20(22)13-16)19-11-12-23-17(14-19)9-8-15-5-2-1-3-6-15/h1-7,10,13,17H,8-9,11-12,14H2/t17-/m0/s1. The van der Waals surface area contributed by atoms with Gasteiger partial charge in [-0.3, -0.25) is 4.79 Å². The first-order valence-corrected chi connectivity index (χ1v) is 7.86.